The Morgan fingerprint density at radius 3 is 1.06 bits per heavy atom. The van der Waals surface area contributed by atoms with Crippen molar-refractivity contribution in [1.82, 2.24) is 19.5 Å². The summed E-state index contributed by atoms with van der Waals surface area (Å²) in [5.74, 6) is 1.96. The molecule has 0 bridgehead atoms. The molecule has 0 N–H and O–H groups in total. The highest BCUT2D eigenvalue weighted by Crippen LogP contribution is 2.37. The van der Waals surface area contributed by atoms with Crippen LogP contribution in [0.4, 0.5) is 0 Å². The first-order valence-electron chi connectivity index (χ1n) is 17.2. The quantitative estimate of drug-likeness (QED) is 0.186. The Labute approximate surface area is 295 Å². The van der Waals surface area contributed by atoms with E-state index in [1.54, 1.807) is 0 Å². The molecule has 0 saturated carbocycles. The molecule has 2 aromatic heterocycles. The number of aromatic nitrogens is 4. The standard InChI is InChI=1S/C47H30N4/c1-3-11-33(12-4-1)45-48-46(34-13-5-2-6-14-34)50-47(49-45)35-21-19-31(20-22-35)32-23-25-40(26-24-32)51-43-29-38-17-9-7-15-36(38)27-41(43)42-28-37-16-8-10-18-39(37)30-44(42)51/h1-30H. The van der Waals surface area contributed by atoms with Crippen LogP contribution in [0.5, 0.6) is 0 Å². The zero-order valence-electron chi connectivity index (χ0n) is 27.6. The Kier molecular flexibility index (Phi) is 6.78. The molecule has 0 aliphatic rings. The van der Waals surface area contributed by atoms with E-state index >= 15 is 0 Å². The molecule has 0 atom stereocenters. The van der Waals surface area contributed by atoms with Crippen LogP contribution in [-0.4, -0.2) is 19.5 Å². The van der Waals surface area contributed by atoms with Crippen molar-refractivity contribution in [1.29, 1.82) is 0 Å². The summed E-state index contributed by atoms with van der Waals surface area (Å²) in [4.78, 5) is 14.6. The minimum absolute atomic E-state index is 0.649. The minimum atomic E-state index is 0.649. The van der Waals surface area contributed by atoms with Gasteiger partial charge in [-0.25, -0.2) is 15.0 Å². The van der Waals surface area contributed by atoms with Crippen molar-refractivity contribution in [3.8, 4) is 51.0 Å². The molecule has 0 fully saturated rings. The van der Waals surface area contributed by atoms with Crippen molar-refractivity contribution in [2.75, 3.05) is 0 Å². The molecule has 4 nitrogen and oxygen atoms in total. The Morgan fingerprint density at radius 1 is 0.294 bits per heavy atom. The zero-order chi connectivity index (χ0) is 33.7. The Balaban J connectivity index is 1.04. The van der Waals surface area contributed by atoms with Gasteiger partial charge in [0.15, 0.2) is 17.5 Å². The minimum Gasteiger partial charge on any atom is -0.309 e. The van der Waals surface area contributed by atoms with Crippen LogP contribution in [-0.2, 0) is 0 Å². The number of hydrogen-bond acceptors (Lipinski definition) is 3. The van der Waals surface area contributed by atoms with Crippen molar-refractivity contribution < 1.29 is 0 Å². The summed E-state index contributed by atoms with van der Waals surface area (Å²) in [6.45, 7) is 0. The molecule has 0 spiro atoms. The lowest BCUT2D eigenvalue weighted by molar-refractivity contribution is 1.07. The molecule has 0 amide bonds. The third-order valence-electron chi connectivity index (χ3n) is 9.80. The summed E-state index contributed by atoms with van der Waals surface area (Å²) >= 11 is 0. The van der Waals surface area contributed by atoms with Gasteiger partial charge in [0.1, 0.15) is 0 Å². The molecule has 0 aliphatic heterocycles. The van der Waals surface area contributed by atoms with Crippen molar-refractivity contribution in [2.45, 2.75) is 0 Å². The molecule has 51 heavy (non-hydrogen) atoms. The SMILES string of the molecule is c1ccc(-c2nc(-c3ccccc3)nc(-c3ccc(-c4ccc(-n5c6cc7ccccc7cc6c6cc7ccccc7cc65)cc4)cc3)n2)cc1. The van der Waals surface area contributed by atoms with Gasteiger partial charge in [-0.1, -0.05) is 146 Å². The van der Waals surface area contributed by atoms with Crippen molar-refractivity contribution in [3.05, 3.63) is 182 Å². The van der Waals surface area contributed by atoms with Gasteiger partial charge in [0, 0.05) is 33.2 Å². The highest BCUT2D eigenvalue weighted by atomic mass is 15.0. The van der Waals surface area contributed by atoms with Crippen molar-refractivity contribution >= 4 is 43.4 Å². The van der Waals surface area contributed by atoms with E-state index in [1.807, 2.05) is 60.7 Å². The van der Waals surface area contributed by atoms with Gasteiger partial charge in [-0.2, -0.15) is 0 Å². The Bertz CT molecular complexity index is 2720. The summed E-state index contributed by atoms with van der Waals surface area (Å²) in [6.07, 6.45) is 0. The zero-order valence-corrected chi connectivity index (χ0v) is 27.6. The van der Waals surface area contributed by atoms with Crippen LogP contribution < -0.4 is 0 Å². The Hall–Kier alpha value is -6.91. The van der Waals surface area contributed by atoms with E-state index in [0.717, 1.165) is 33.5 Å². The number of fused-ring (bicyclic) bond motifs is 5. The highest BCUT2D eigenvalue weighted by molar-refractivity contribution is 6.16. The van der Waals surface area contributed by atoms with Crippen molar-refractivity contribution in [3.63, 3.8) is 0 Å². The van der Waals surface area contributed by atoms with Gasteiger partial charge in [0.25, 0.3) is 0 Å². The largest absolute Gasteiger partial charge is 0.309 e. The third kappa shape index (κ3) is 5.13. The maximum Gasteiger partial charge on any atom is 0.164 e. The molecule has 0 unspecified atom stereocenters. The van der Waals surface area contributed by atoms with Gasteiger partial charge in [0.2, 0.25) is 0 Å². The molecule has 0 aliphatic carbocycles. The highest BCUT2D eigenvalue weighted by Gasteiger charge is 2.16. The second-order valence-corrected chi connectivity index (χ2v) is 12.9. The van der Waals surface area contributed by atoms with Crippen LogP contribution in [0.2, 0.25) is 0 Å². The van der Waals surface area contributed by atoms with Gasteiger partial charge in [-0.05, 0) is 69.1 Å². The second kappa shape index (κ2) is 11.9. The lowest BCUT2D eigenvalue weighted by Gasteiger charge is -2.11. The fraction of sp³-hybridized carbons (Fsp3) is 0. The van der Waals surface area contributed by atoms with Crippen LogP contribution in [0.3, 0.4) is 0 Å². The van der Waals surface area contributed by atoms with Crippen LogP contribution in [0.25, 0.3) is 94.3 Å². The average molecular weight is 651 g/mol. The van der Waals surface area contributed by atoms with Gasteiger partial charge in [-0.15, -0.1) is 0 Å². The first-order valence-corrected chi connectivity index (χ1v) is 17.2. The average Bonchev–Trinajstić information content (AvgIpc) is 3.51. The number of nitrogens with zero attached hydrogens (tertiary/aromatic N) is 4. The fourth-order valence-electron chi connectivity index (χ4n) is 7.22. The lowest BCUT2D eigenvalue weighted by atomic mass is 10.0. The molecular weight excluding hydrogens is 621 g/mol. The second-order valence-electron chi connectivity index (χ2n) is 12.9. The summed E-state index contributed by atoms with van der Waals surface area (Å²) in [6, 6.07) is 64.1. The summed E-state index contributed by atoms with van der Waals surface area (Å²) in [5, 5.41) is 7.50. The summed E-state index contributed by atoms with van der Waals surface area (Å²) in [7, 11) is 0. The third-order valence-corrected chi connectivity index (χ3v) is 9.80. The van der Waals surface area contributed by atoms with Gasteiger partial charge in [0.05, 0.1) is 11.0 Å². The monoisotopic (exact) mass is 650 g/mol. The van der Waals surface area contributed by atoms with Crippen LogP contribution in [0, 0.1) is 0 Å². The molecule has 10 rings (SSSR count). The first kappa shape index (κ1) is 29.0. The molecule has 8 aromatic carbocycles. The van der Waals surface area contributed by atoms with E-state index in [4.69, 9.17) is 15.0 Å². The molecule has 238 valence electrons. The lowest BCUT2D eigenvalue weighted by Crippen LogP contribution is -2.00. The molecular formula is C47H30N4. The number of benzene rings is 8. The normalized spacial score (nSPS) is 11.5. The molecule has 10 aromatic rings. The van der Waals surface area contributed by atoms with E-state index in [-0.39, 0.29) is 0 Å². The van der Waals surface area contributed by atoms with E-state index in [1.165, 1.54) is 43.4 Å². The van der Waals surface area contributed by atoms with Gasteiger partial charge >= 0.3 is 0 Å². The Morgan fingerprint density at radius 2 is 0.627 bits per heavy atom. The molecule has 4 heteroatoms. The maximum atomic E-state index is 4.90. The number of rotatable bonds is 5. The molecule has 2 heterocycles. The molecule has 0 saturated heterocycles. The van der Waals surface area contributed by atoms with E-state index in [9.17, 15) is 0 Å². The van der Waals surface area contributed by atoms with Crippen molar-refractivity contribution in [2.24, 2.45) is 0 Å². The van der Waals surface area contributed by atoms with Gasteiger partial charge < -0.3 is 4.57 Å². The summed E-state index contributed by atoms with van der Waals surface area (Å²) in [5.41, 5.74) is 8.68. The van der Waals surface area contributed by atoms with E-state index in [2.05, 4.69) is 126 Å². The number of hydrogen-bond donors (Lipinski definition) is 0. The van der Waals surface area contributed by atoms with Crippen LogP contribution >= 0.6 is 0 Å². The van der Waals surface area contributed by atoms with E-state index < -0.39 is 0 Å². The predicted molar refractivity (Wildman–Crippen MR) is 211 cm³/mol. The predicted octanol–water partition coefficient (Wildman–Crippen LogP) is 11.9. The fourth-order valence-corrected chi connectivity index (χ4v) is 7.22. The van der Waals surface area contributed by atoms with E-state index in [0.29, 0.717) is 17.5 Å². The smallest absolute Gasteiger partial charge is 0.164 e. The first-order chi connectivity index (χ1) is 25.2. The van der Waals surface area contributed by atoms with Gasteiger partial charge in [-0.3, -0.25) is 0 Å². The van der Waals surface area contributed by atoms with Crippen LogP contribution in [0.15, 0.2) is 182 Å². The van der Waals surface area contributed by atoms with Crippen LogP contribution in [0.1, 0.15) is 0 Å². The maximum absolute atomic E-state index is 4.90. The summed E-state index contributed by atoms with van der Waals surface area (Å²) < 4.78 is 2.41. The molecule has 0 radical (unpaired) electrons. The topological polar surface area (TPSA) is 43.6 Å².